The number of aliphatic hydroxyl groups is 2. The van der Waals surface area contributed by atoms with Gasteiger partial charge < -0.3 is 14.9 Å². The van der Waals surface area contributed by atoms with Gasteiger partial charge in [-0.25, -0.2) is 8.42 Å². The lowest BCUT2D eigenvalue weighted by atomic mass is 10.3. The van der Waals surface area contributed by atoms with E-state index in [2.05, 4.69) is 0 Å². The zero-order chi connectivity index (χ0) is 12.9. The van der Waals surface area contributed by atoms with Crippen LogP contribution in [0.25, 0.3) is 0 Å². The summed E-state index contributed by atoms with van der Waals surface area (Å²) >= 11 is 0. The molecule has 1 aromatic carbocycles. The van der Waals surface area contributed by atoms with Gasteiger partial charge in [0.1, 0.15) is 11.9 Å². The van der Waals surface area contributed by atoms with Crippen molar-refractivity contribution in [3.63, 3.8) is 0 Å². The van der Waals surface area contributed by atoms with Gasteiger partial charge in [0.2, 0.25) is 5.44 Å². The minimum absolute atomic E-state index is 0.361. The van der Waals surface area contributed by atoms with E-state index >= 15 is 0 Å². The second kappa shape index (κ2) is 6.00. The van der Waals surface area contributed by atoms with Crippen molar-refractivity contribution in [2.45, 2.75) is 18.5 Å². The molecule has 2 N–H and O–H groups in total. The van der Waals surface area contributed by atoms with Gasteiger partial charge in [-0.1, -0.05) is 18.2 Å². The van der Waals surface area contributed by atoms with E-state index in [0.29, 0.717) is 5.75 Å². The summed E-state index contributed by atoms with van der Waals surface area (Å²) in [6.07, 6.45) is -1.17. The molecule has 0 aromatic heterocycles. The molecule has 0 fully saturated rings. The van der Waals surface area contributed by atoms with E-state index in [1.54, 1.807) is 30.3 Å². The molecule has 6 heteroatoms. The van der Waals surface area contributed by atoms with Crippen molar-refractivity contribution in [3.8, 4) is 5.75 Å². The molecule has 1 rings (SSSR count). The molecule has 0 radical (unpaired) electrons. The van der Waals surface area contributed by atoms with Crippen LogP contribution in [-0.4, -0.2) is 42.5 Å². The van der Waals surface area contributed by atoms with Gasteiger partial charge in [-0.2, -0.15) is 0 Å². The molecule has 0 bridgehead atoms. The van der Waals surface area contributed by atoms with E-state index in [-0.39, 0.29) is 0 Å². The first-order valence-electron chi connectivity index (χ1n) is 5.19. The Morgan fingerprint density at radius 3 is 2.35 bits per heavy atom. The van der Waals surface area contributed by atoms with Gasteiger partial charge in [0.15, 0.2) is 9.84 Å². The molecule has 2 unspecified atom stereocenters. The minimum atomic E-state index is -3.69. The number of hydrogen-bond acceptors (Lipinski definition) is 5. The highest BCUT2D eigenvalue weighted by Crippen LogP contribution is 2.16. The average molecular weight is 260 g/mol. The predicted octanol–water partition coefficient (Wildman–Crippen LogP) is 0.179. The van der Waals surface area contributed by atoms with Crippen molar-refractivity contribution in [2.24, 2.45) is 0 Å². The molecule has 0 aliphatic carbocycles. The summed E-state index contributed by atoms with van der Waals surface area (Å²) in [5.41, 5.74) is -1.36. The maximum absolute atomic E-state index is 11.7. The van der Waals surface area contributed by atoms with E-state index < -0.39 is 33.7 Å². The molecule has 0 saturated heterocycles. The molecule has 0 spiro atoms. The molecular formula is C11H16O5S. The third-order valence-electron chi connectivity index (χ3n) is 2.12. The summed E-state index contributed by atoms with van der Waals surface area (Å²) in [7, 11) is -3.69. The first-order chi connectivity index (χ1) is 7.97. The second-order valence-electron chi connectivity index (χ2n) is 3.63. The maximum atomic E-state index is 11.7. The molecule has 0 amide bonds. The van der Waals surface area contributed by atoms with Gasteiger partial charge in [-0.3, -0.25) is 0 Å². The molecule has 5 nitrogen and oxygen atoms in total. The molecule has 17 heavy (non-hydrogen) atoms. The zero-order valence-electron chi connectivity index (χ0n) is 9.48. The molecule has 2 atom stereocenters. The van der Waals surface area contributed by atoms with Crippen molar-refractivity contribution in [2.75, 3.05) is 12.4 Å². The number of para-hydroxylation sites is 1. The lowest BCUT2D eigenvalue weighted by Crippen LogP contribution is -2.39. The predicted molar refractivity (Wildman–Crippen MR) is 63.4 cm³/mol. The van der Waals surface area contributed by atoms with Gasteiger partial charge in [0.05, 0.1) is 12.4 Å². The molecule has 0 heterocycles. The second-order valence-corrected chi connectivity index (χ2v) is 5.83. The quantitative estimate of drug-likeness (QED) is 0.762. The number of hydrogen-bond donors (Lipinski definition) is 2. The fourth-order valence-electron chi connectivity index (χ4n) is 1.35. The van der Waals surface area contributed by atoms with Crippen LogP contribution >= 0.6 is 0 Å². The Morgan fingerprint density at radius 2 is 1.88 bits per heavy atom. The highest BCUT2D eigenvalue weighted by molar-refractivity contribution is 7.91. The van der Waals surface area contributed by atoms with E-state index in [9.17, 15) is 13.5 Å². The van der Waals surface area contributed by atoms with Gasteiger partial charge >= 0.3 is 0 Å². The normalized spacial score (nSPS) is 15.2. The van der Waals surface area contributed by atoms with Crippen LogP contribution in [0.15, 0.2) is 30.3 Å². The third-order valence-corrected chi connectivity index (χ3v) is 4.07. The fraction of sp³-hybridized carbons (Fsp3) is 0.455. The molecule has 0 aliphatic rings. The highest BCUT2D eigenvalue weighted by Gasteiger charge is 2.31. The largest absolute Gasteiger partial charge is 0.472 e. The fourth-order valence-corrected chi connectivity index (χ4v) is 2.69. The molecule has 96 valence electrons. The van der Waals surface area contributed by atoms with Gasteiger partial charge in [-0.15, -0.1) is 0 Å². The number of aliphatic hydroxyl groups excluding tert-OH is 2. The van der Waals surface area contributed by atoms with Crippen molar-refractivity contribution >= 4 is 9.84 Å². The summed E-state index contributed by atoms with van der Waals surface area (Å²) in [5.74, 6) is -0.0741. The Labute approximate surface area is 101 Å². The Bertz CT molecular complexity index is 426. The van der Waals surface area contributed by atoms with Crippen molar-refractivity contribution < 1.29 is 23.4 Å². The zero-order valence-corrected chi connectivity index (χ0v) is 10.3. The smallest absolute Gasteiger partial charge is 0.224 e. The lowest BCUT2D eigenvalue weighted by molar-refractivity contribution is 0.0951. The average Bonchev–Trinajstić information content (AvgIpc) is 2.26. The van der Waals surface area contributed by atoms with Crippen LogP contribution in [0.1, 0.15) is 6.92 Å². The van der Waals surface area contributed by atoms with Crippen LogP contribution in [-0.2, 0) is 9.84 Å². The van der Waals surface area contributed by atoms with Gasteiger partial charge in [-0.05, 0) is 19.1 Å². The number of benzene rings is 1. The Balaban J connectivity index is 2.88. The summed E-state index contributed by atoms with van der Waals surface area (Å²) in [5, 5.41) is 18.1. The Kier molecular flexibility index (Phi) is 4.92. The van der Waals surface area contributed by atoms with E-state index in [4.69, 9.17) is 9.84 Å². The molecular weight excluding hydrogens is 244 g/mol. The summed E-state index contributed by atoms with van der Waals surface area (Å²) < 4.78 is 28.7. The molecule has 0 aliphatic heterocycles. The maximum Gasteiger partial charge on any atom is 0.224 e. The highest BCUT2D eigenvalue weighted by atomic mass is 32.2. The van der Waals surface area contributed by atoms with Crippen LogP contribution in [0.3, 0.4) is 0 Å². The van der Waals surface area contributed by atoms with Crippen LogP contribution < -0.4 is 4.74 Å². The first kappa shape index (κ1) is 14.0. The van der Waals surface area contributed by atoms with Crippen LogP contribution in [0.5, 0.6) is 5.75 Å². The summed E-state index contributed by atoms with van der Waals surface area (Å²) in [6, 6.07) is 8.38. The van der Waals surface area contributed by atoms with Crippen LogP contribution in [0.2, 0.25) is 0 Å². The van der Waals surface area contributed by atoms with Gasteiger partial charge in [0, 0.05) is 0 Å². The summed E-state index contributed by atoms with van der Waals surface area (Å²) in [6.45, 7) is 0.840. The number of rotatable bonds is 6. The topological polar surface area (TPSA) is 83.8 Å². The van der Waals surface area contributed by atoms with E-state index in [0.717, 1.165) is 0 Å². The van der Waals surface area contributed by atoms with Crippen LogP contribution in [0.4, 0.5) is 0 Å². The number of sulfone groups is 1. The van der Waals surface area contributed by atoms with Crippen molar-refractivity contribution in [1.29, 1.82) is 0 Å². The number of ether oxygens (including phenoxy) is 1. The van der Waals surface area contributed by atoms with Crippen molar-refractivity contribution in [1.82, 2.24) is 0 Å². The lowest BCUT2D eigenvalue weighted by Gasteiger charge is -2.21. The van der Waals surface area contributed by atoms with E-state index in [1.165, 1.54) is 6.92 Å². The Hall–Kier alpha value is -1.11. The minimum Gasteiger partial charge on any atom is -0.472 e. The molecule has 0 saturated carbocycles. The standard InChI is InChI=1S/C11H16O5S/c1-9(13)11(17(14,15)8-7-12)16-10-5-3-2-4-6-10/h2-6,9,11-13H,7-8H2,1H3. The first-order valence-corrected chi connectivity index (χ1v) is 6.91. The Morgan fingerprint density at radius 1 is 1.29 bits per heavy atom. The van der Waals surface area contributed by atoms with Crippen molar-refractivity contribution in [3.05, 3.63) is 30.3 Å². The summed E-state index contributed by atoms with van der Waals surface area (Å²) in [4.78, 5) is 0. The SMILES string of the molecule is CC(O)C(Oc1ccccc1)S(=O)(=O)CCO. The molecule has 1 aromatic rings. The van der Waals surface area contributed by atoms with Crippen LogP contribution in [0, 0.1) is 0 Å². The van der Waals surface area contributed by atoms with Gasteiger partial charge in [0.25, 0.3) is 0 Å². The van der Waals surface area contributed by atoms with E-state index in [1.807, 2.05) is 0 Å². The monoisotopic (exact) mass is 260 g/mol. The third kappa shape index (κ3) is 3.99.